The Hall–Kier alpha value is -2.68. The smallest absolute Gasteiger partial charge is 0.422 e. The SMILES string of the molecule is C[C@@](O)(CC(=O)NC1(c2ccnc(OCC(F)(F)F)c2)CC1)c1ccc(F)cc1. The van der Waals surface area contributed by atoms with Gasteiger partial charge in [-0.3, -0.25) is 4.79 Å². The molecule has 5 nitrogen and oxygen atoms in total. The standard InChI is InChI=1S/C20H20F4N2O3/c1-18(28,13-2-4-15(21)5-3-13)11-16(27)26-19(7-8-19)14-6-9-25-17(10-14)29-12-20(22,23)24/h2-6,9-10,28H,7-8,11-12H2,1H3,(H,26,27)/t18-/m1/s1. The second-order valence-corrected chi connectivity index (χ2v) is 7.37. The van der Waals surface area contributed by atoms with Crippen LogP contribution in [0.5, 0.6) is 5.88 Å². The molecular formula is C20H20F4N2O3. The number of rotatable bonds is 7. The van der Waals surface area contributed by atoms with Crippen molar-refractivity contribution in [3.63, 3.8) is 0 Å². The highest BCUT2D eigenvalue weighted by molar-refractivity contribution is 5.79. The van der Waals surface area contributed by atoms with Crippen LogP contribution in [0.25, 0.3) is 0 Å². The molecule has 1 atom stereocenters. The highest BCUT2D eigenvalue weighted by atomic mass is 19.4. The molecule has 0 aliphatic heterocycles. The van der Waals surface area contributed by atoms with Gasteiger partial charge in [-0.05, 0) is 49.1 Å². The number of nitrogens with zero attached hydrogens (tertiary/aromatic N) is 1. The van der Waals surface area contributed by atoms with Gasteiger partial charge >= 0.3 is 6.18 Å². The molecule has 1 aliphatic carbocycles. The van der Waals surface area contributed by atoms with Crippen LogP contribution < -0.4 is 10.1 Å². The largest absolute Gasteiger partial charge is 0.468 e. The zero-order chi connectivity index (χ0) is 21.3. The molecular weight excluding hydrogens is 392 g/mol. The summed E-state index contributed by atoms with van der Waals surface area (Å²) in [6, 6.07) is 8.18. The van der Waals surface area contributed by atoms with Crippen LogP contribution >= 0.6 is 0 Å². The van der Waals surface area contributed by atoms with Crippen molar-refractivity contribution < 1.29 is 32.2 Å². The average Bonchev–Trinajstić information content (AvgIpc) is 3.40. The number of halogens is 4. The van der Waals surface area contributed by atoms with Gasteiger partial charge in [0.1, 0.15) is 5.82 Å². The second-order valence-electron chi connectivity index (χ2n) is 7.37. The van der Waals surface area contributed by atoms with Gasteiger partial charge in [-0.1, -0.05) is 12.1 Å². The molecule has 1 amide bonds. The fourth-order valence-corrected chi connectivity index (χ4v) is 3.09. The van der Waals surface area contributed by atoms with E-state index < -0.39 is 35.6 Å². The van der Waals surface area contributed by atoms with E-state index in [9.17, 15) is 27.5 Å². The Morgan fingerprint density at radius 2 is 1.90 bits per heavy atom. The number of hydrogen-bond acceptors (Lipinski definition) is 4. The summed E-state index contributed by atoms with van der Waals surface area (Å²) >= 11 is 0. The van der Waals surface area contributed by atoms with Gasteiger partial charge in [-0.25, -0.2) is 9.37 Å². The number of amides is 1. The Morgan fingerprint density at radius 3 is 2.48 bits per heavy atom. The molecule has 0 unspecified atom stereocenters. The molecule has 0 spiro atoms. The van der Waals surface area contributed by atoms with Crippen LogP contribution in [-0.2, 0) is 15.9 Å². The summed E-state index contributed by atoms with van der Waals surface area (Å²) in [5.74, 6) is -1.07. The van der Waals surface area contributed by atoms with Crippen LogP contribution in [0.3, 0.4) is 0 Å². The summed E-state index contributed by atoms with van der Waals surface area (Å²) in [6.45, 7) is -0.00173. The Kier molecular flexibility index (Phi) is 5.53. The monoisotopic (exact) mass is 412 g/mol. The Morgan fingerprint density at radius 1 is 1.24 bits per heavy atom. The van der Waals surface area contributed by atoms with Crippen LogP contribution in [0.1, 0.15) is 37.3 Å². The number of pyridine rings is 1. The van der Waals surface area contributed by atoms with Crippen molar-refractivity contribution in [3.05, 3.63) is 59.5 Å². The van der Waals surface area contributed by atoms with Gasteiger partial charge in [0.2, 0.25) is 11.8 Å². The molecule has 1 aliphatic rings. The number of ether oxygens (including phenoxy) is 1. The number of aromatic nitrogens is 1. The molecule has 1 aromatic carbocycles. The van der Waals surface area contributed by atoms with E-state index in [-0.39, 0.29) is 12.3 Å². The first-order valence-corrected chi connectivity index (χ1v) is 8.95. The summed E-state index contributed by atoms with van der Waals surface area (Å²) in [6.07, 6.45) is -2.22. The van der Waals surface area contributed by atoms with Crippen molar-refractivity contribution >= 4 is 5.91 Å². The molecule has 1 heterocycles. The number of carbonyl (C=O) groups is 1. The van der Waals surface area contributed by atoms with Gasteiger partial charge in [0.25, 0.3) is 0 Å². The predicted octanol–water partition coefficient (Wildman–Crippen LogP) is 3.56. The highest BCUT2D eigenvalue weighted by Gasteiger charge is 2.46. The number of alkyl halides is 3. The number of hydrogen-bond donors (Lipinski definition) is 2. The second kappa shape index (κ2) is 7.62. The Labute approximate surface area is 164 Å². The summed E-state index contributed by atoms with van der Waals surface area (Å²) in [7, 11) is 0. The third kappa shape index (κ3) is 5.44. The topological polar surface area (TPSA) is 71.5 Å². The molecule has 2 N–H and O–H groups in total. The molecule has 1 fully saturated rings. The lowest BCUT2D eigenvalue weighted by Gasteiger charge is -2.25. The molecule has 156 valence electrons. The minimum atomic E-state index is -4.48. The molecule has 1 aromatic heterocycles. The summed E-state index contributed by atoms with van der Waals surface area (Å²) in [4.78, 5) is 16.3. The average molecular weight is 412 g/mol. The lowest BCUT2D eigenvalue weighted by atomic mass is 9.92. The van der Waals surface area contributed by atoms with E-state index in [1.54, 1.807) is 6.07 Å². The maximum Gasteiger partial charge on any atom is 0.422 e. The lowest BCUT2D eigenvalue weighted by molar-refractivity contribution is -0.154. The molecule has 0 bridgehead atoms. The molecule has 0 saturated heterocycles. The zero-order valence-corrected chi connectivity index (χ0v) is 15.6. The quantitative estimate of drug-likeness (QED) is 0.683. The third-order valence-electron chi connectivity index (χ3n) is 4.77. The van der Waals surface area contributed by atoms with Gasteiger partial charge in [-0.15, -0.1) is 0 Å². The molecule has 3 rings (SSSR count). The van der Waals surface area contributed by atoms with Gasteiger partial charge in [0.15, 0.2) is 6.61 Å². The first kappa shape index (κ1) is 21.0. The minimum Gasteiger partial charge on any atom is -0.468 e. The Bertz CT molecular complexity index is 878. The summed E-state index contributed by atoms with van der Waals surface area (Å²) < 4.78 is 54.7. The first-order valence-electron chi connectivity index (χ1n) is 8.95. The number of aliphatic hydroxyl groups is 1. The van der Waals surface area contributed by atoms with Crippen molar-refractivity contribution in [2.45, 2.75) is 43.5 Å². The highest BCUT2D eigenvalue weighted by Crippen LogP contribution is 2.46. The molecule has 9 heteroatoms. The maximum absolute atomic E-state index is 13.1. The van der Waals surface area contributed by atoms with Gasteiger partial charge in [-0.2, -0.15) is 13.2 Å². The van der Waals surface area contributed by atoms with E-state index in [0.29, 0.717) is 24.0 Å². The van der Waals surface area contributed by atoms with Crippen LogP contribution in [0.15, 0.2) is 42.6 Å². The fraction of sp³-hybridized carbons (Fsp3) is 0.400. The maximum atomic E-state index is 13.1. The van der Waals surface area contributed by atoms with Gasteiger partial charge in [0.05, 0.1) is 17.6 Å². The molecule has 29 heavy (non-hydrogen) atoms. The van der Waals surface area contributed by atoms with E-state index in [0.717, 1.165) is 0 Å². The van der Waals surface area contributed by atoms with E-state index in [2.05, 4.69) is 15.0 Å². The fourth-order valence-electron chi connectivity index (χ4n) is 3.09. The van der Waals surface area contributed by atoms with Crippen molar-refractivity contribution in [2.75, 3.05) is 6.61 Å². The van der Waals surface area contributed by atoms with Crippen LogP contribution in [0, 0.1) is 5.82 Å². The predicted molar refractivity (Wildman–Crippen MR) is 95.4 cm³/mol. The van der Waals surface area contributed by atoms with E-state index >= 15 is 0 Å². The van der Waals surface area contributed by atoms with Crippen molar-refractivity contribution in [1.82, 2.24) is 10.3 Å². The molecule has 2 aromatic rings. The number of nitrogens with one attached hydrogen (secondary N) is 1. The van der Waals surface area contributed by atoms with Crippen molar-refractivity contribution in [2.24, 2.45) is 0 Å². The van der Waals surface area contributed by atoms with Crippen LogP contribution in [-0.4, -0.2) is 28.8 Å². The zero-order valence-electron chi connectivity index (χ0n) is 15.6. The number of benzene rings is 1. The van der Waals surface area contributed by atoms with E-state index in [1.165, 1.54) is 43.5 Å². The van der Waals surface area contributed by atoms with Crippen molar-refractivity contribution in [1.29, 1.82) is 0 Å². The van der Waals surface area contributed by atoms with Crippen molar-refractivity contribution in [3.8, 4) is 5.88 Å². The third-order valence-corrected chi connectivity index (χ3v) is 4.77. The summed E-state index contributed by atoms with van der Waals surface area (Å²) in [5.41, 5.74) is -1.26. The van der Waals surface area contributed by atoms with Gasteiger partial charge < -0.3 is 15.2 Å². The lowest BCUT2D eigenvalue weighted by Crippen LogP contribution is -2.39. The van der Waals surface area contributed by atoms with E-state index in [4.69, 9.17) is 0 Å². The van der Waals surface area contributed by atoms with Crippen LogP contribution in [0.4, 0.5) is 17.6 Å². The molecule has 0 radical (unpaired) electrons. The normalized spacial score (nSPS) is 17.3. The summed E-state index contributed by atoms with van der Waals surface area (Å²) in [5, 5.41) is 13.4. The number of carbonyl (C=O) groups excluding carboxylic acids is 1. The van der Waals surface area contributed by atoms with Crippen LogP contribution in [0.2, 0.25) is 0 Å². The Balaban J connectivity index is 1.66. The minimum absolute atomic E-state index is 0.182. The van der Waals surface area contributed by atoms with E-state index in [1.807, 2.05) is 0 Å². The first-order chi connectivity index (χ1) is 13.5. The molecule has 1 saturated carbocycles. The van der Waals surface area contributed by atoms with Gasteiger partial charge in [0, 0.05) is 12.3 Å².